The van der Waals surface area contributed by atoms with Gasteiger partial charge in [0.2, 0.25) is 5.43 Å². The van der Waals surface area contributed by atoms with Gasteiger partial charge in [0.1, 0.15) is 11.2 Å². The number of ether oxygens (including phenoxy) is 1. The standard InChI is InChI=1S/C24H33N3O4/c1-16-9-10-20-18(12-16)21(28)19(22(29)25(5)6)15-27(20)14-17-8-7-11-26(13-17)23(30)31-24(2,3)4/h9-10,12,15,17H,7-8,11,13-14H2,1-6H3. The maximum atomic E-state index is 13.0. The number of rotatable bonds is 3. The first kappa shape index (κ1) is 22.8. The van der Waals surface area contributed by atoms with Crippen LogP contribution in [0.4, 0.5) is 4.79 Å². The first-order valence-corrected chi connectivity index (χ1v) is 10.8. The van der Waals surface area contributed by atoms with E-state index in [1.54, 1.807) is 25.2 Å². The second-order valence-corrected chi connectivity index (χ2v) is 9.68. The van der Waals surface area contributed by atoms with Crippen LogP contribution in [-0.4, -0.2) is 59.2 Å². The molecule has 1 aromatic heterocycles. The summed E-state index contributed by atoms with van der Waals surface area (Å²) in [7, 11) is 3.29. The fraction of sp³-hybridized carbons (Fsp3) is 0.542. The molecule has 1 aromatic carbocycles. The molecule has 1 unspecified atom stereocenters. The number of benzene rings is 1. The number of pyridine rings is 1. The number of aromatic nitrogens is 1. The minimum atomic E-state index is -0.530. The Balaban J connectivity index is 1.93. The van der Waals surface area contributed by atoms with Crippen LogP contribution in [-0.2, 0) is 11.3 Å². The minimum absolute atomic E-state index is 0.169. The van der Waals surface area contributed by atoms with Crippen molar-refractivity contribution in [3.8, 4) is 0 Å². The Morgan fingerprint density at radius 2 is 1.94 bits per heavy atom. The average Bonchev–Trinajstić information content (AvgIpc) is 2.68. The molecule has 3 rings (SSSR count). The number of piperidine rings is 1. The predicted octanol–water partition coefficient (Wildman–Crippen LogP) is 3.66. The quantitative estimate of drug-likeness (QED) is 0.749. The Labute approximate surface area is 183 Å². The Bertz CT molecular complexity index is 1050. The molecule has 168 valence electrons. The SMILES string of the molecule is Cc1ccc2c(c1)c(=O)c(C(=O)N(C)C)cn2CC1CCCN(C(=O)OC(C)(C)C)C1. The zero-order chi connectivity index (χ0) is 22.9. The smallest absolute Gasteiger partial charge is 0.410 e. The molecule has 1 aliphatic heterocycles. The van der Waals surface area contributed by atoms with Gasteiger partial charge in [0.05, 0.1) is 5.52 Å². The second kappa shape index (κ2) is 8.73. The summed E-state index contributed by atoms with van der Waals surface area (Å²) in [6.45, 7) is 9.42. The van der Waals surface area contributed by atoms with E-state index >= 15 is 0 Å². The van der Waals surface area contributed by atoms with Gasteiger partial charge < -0.3 is 19.1 Å². The van der Waals surface area contributed by atoms with Crippen LogP contribution < -0.4 is 5.43 Å². The van der Waals surface area contributed by atoms with Crippen LogP contribution in [0, 0.1) is 12.8 Å². The van der Waals surface area contributed by atoms with Crippen LogP contribution in [0.3, 0.4) is 0 Å². The minimum Gasteiger partial charge on any atom is -0.444 e. The van der Waals surface area contributed by atoms with Gasteiger partial charge in [-0.3, -0.25) is 9.59 Å². The number of carbonyl (C=O) groups excluding carboxylic acids is 2. The van der Waals surface area contributed by atoms with Crippen molar-refractivity contribution in [1.29, 1.82) is 0 Å². The number of fused-ring (bicyclic) bond motifs is 1. The summed E-state index contributed by atoms with van der Waals surface area (Å²) in [5, 5.41) is 0.549. The topological polar surface area (TPSA) is 71.9 Å². The monoisotopic (exact) mass is 427 g/mol. The van der Waals surface area contributed by atoms with E-state index < -0.39 is 5.60 Å². The molecule has 2 amide bonds. The Kier molecular flexibility index (Phi) is 6.43. The van der Waals surface area contributed by atoms with Crippen LogP contribution in [0.25, 0.3) is 10.9 Å². The van der Waals surface area contributed by atoms with Gasteiger partial charge in [0, 0.05) is 45.3 Å². The van der Waals surface area contributed by atoms with Crippen molar-refractivity contribution in [1.82, 2.24) is 14.4 Å². The third-order valence-electron chi connectivity index (χ3n) is 5.50. The zero-order valence-corrected chi connectivity index (χ0v) is 19.4. The van der Waals surface area contributed by atoms with Gasteiger partial charge in [-0.15, -0.1) is 0 Å². The lowest BCUT2D eigenvalue weighted by molar-refractivity contribution is 0.0157. The Morgan fingerprint density at radius 1 is 1.23 bits per heavy atom. The molecule has 7 heteroatoms. The first-order chi connectivity index (χ1) is 14.5. The van der Waals surface area contributed by atoms with Crippen LogP contribution in [0.1, 0.15) is 49.5 Å². The summed E-state index contributed by atoms with van der Waals surface area (Å²) in [6.07, 6.45) is 3.25. The van der Waals surface area contributed by atoms with Gasteiger partial charge in [0.15, 0.2) is 0 Å². The van der Waals surface area contributed by atoms with E-state index in [9.17, 15) is 14.4 Å². The van der Waals surface area contributed by atoms with Crippen LogP contribution in [0.2, 0.25) is 0 Å². The highest BCUT2D eigenvalue weighted by Gasteiger charge is 2.28. The van der Waals surface area contributed by atoms with Crippen LogP contribution in [0.5, 0.6) is 0 Å². The lowest BCUT2D eigenvalue weighted by Crippen LogP contribution is -2.43. The number of amides is 2. The van der Waals surface area contributed by atoms with E-state index in [0.717, 1.165) is 23.9 Å². The number of nitrogens with zero attached hydrogens (tertiary/aromatic N) is 3. The van der Waals surface area contributed by atoms with E-state index in [0.29, 0.717) is 25.0 Å². The summed E-state index contributed by atoms with van der Waals surface area (Å²) < 4.78 is 7.54. The van der Waals surface area contributed by atoms with Crippen molar-refractivity contribution in [2.75, 3.05) is 27.2 Å². The van der Waals surface area contributed by atoms with E-state index in [2.05, 4.69) is 0 Å². The molecule has 1 fully saturated rings. The fourth-order valence-electron chi connectivity index (χ4n) is 4.04. The molecule has 1 saturated heterocycles. The molecule has 0 bridgehead atoms. The Morgan fingerprint density at radius 3 is 2.58 bits per heavy atom. The van der Waals surface area contributed by atoms with Crippen molar-refractivity contribution in [3.63, 3.8) is 0 Å². The maximum absolute atomic E-state index is 13.0. The number of hydrogen-bond donors (Lipinski definition) is 0. The van der Waals surface area contributed by atoms with Gasteiger partial charge in [-0.1, -0.05) is 11.6 Å². The van der Waals surface area contributed by atoms with Gasteiger partial charge in [-0.2, -0.15) is 0 Å². The highest BCUT2D eigenvalue weighted by atomic mass is 16.6. The molecule has 2 heterocycles. The van der Waals surface area contributed by atoms with Crippen molar-refractivity contribution in [2.45, 2.75) is 52.7 Å². The summed E-state index contributed by atoms with van der Waals surface area (Å²) in [5.41, 5.74) is 1.17. The predicted molar refractivity (Wildman–Crippen MR) is 121 cm³/mol. The van der Waals surface area contributed by atoms with Gasteiger partial charge in [-0.25, -0.2) is 4.79 Å². The average molecular weight is 428 g/mol. The molecule has 1 atom stereocenters. The second-order valence-electron chi connectivity index (χ2n) is 9.68. The summed E-state index contributed by atoms with van der Waals surface area (Å²) in [4.78, 5) is 41.4. The van der Waals surface area contributed by atoms with E-state index in [1.165, 1.54) is 4.90 Å². The zero-order valence-electron chi connectivity index (χ0n) is 19.4. The number of carbonyl (C=O) groups is 2. The molecule has 0 spiro atoms. The summed E-state index contributed by atoms with van der Waals surface area (Å²) in [5.74, 6) is -0.100. The number of aryl methyl sites for hydroxylation is 1. The highest BCUT2D eigenvalue weighted by Crippen LogP contribution is 2.23. The van der Waals surface area contributed by atoms with Crippen molar-refractivity contribution < 1.29 is 14.3 Å². The summed E-state index contributed by atoms with van der Waals surface area (Å²) in [6, 6.07) is 5.75. The van der Waals surface area contributed by atoms with E-state index in [1.807, 2.05) is 50.5 Å². The fourth-order valence-corrected chi connectivity index (χ4v) is 4.04. The molecule has 1 aliphatic rings. The van der Waals surface area contributed by atoms with Gasteiger partial charge >= 0.3 is 6.09 Å². The number of hydrogen-bond acceptors (Lipinski definition) is 4. The molecule has 2 aromatic rings. The van der Waals surface area contributed by atoms with Gasteiger partial charge in [0.25, 0.3) is 5.91 Å². The van der Waals surface area contributed by atoms with E-state index in [4.69, 9.17) is 4.74 Å². The number of likely N-dealkylation sites (tertiary alicyclic amines) is 1. The molecule has 31 heavy (non-hydrogen) atoms. The summed E-state index contributed by atoms with van der Waals surface area (Å²) >= 11 is 0. The first-order valence-electron chi connectivity index (χ1n) is 10.8. The third kappa shape index (κ3) is 5.27. The maximum Gasteiger partial charge on any atom is 0.410 e. The molecule has 0 N–H and O–H groups in total. The van der Waals surface area contributed by atoms with Crippen LogP contribution >= 0.6 is 0 Å². The van der Waals surface area contributed by atoms with Gasteiger partial charge in [-0.05, 0) is 58.6 Å². The molecule has 0 aliphatic carbocycles. The van der Waals surface area contributed by atoms with Crippen molar-refractivity contribution in [2.24, 2.45) is 5.92 Å². The normalized spacial score (nSPS) is 17.0. The van der Waals surface area contributed by atoms with Crippen molar-refractivity contribution in [3.05, 3.63) is 45.7 Å². The molecule has 0 radical (unpaired) electrons. The lowest BCUT2D eigenvalue weighted by atomic mass is 9.97. The van der Waals surface area contributed by atoms with Crippen LogP contribution in [0.15, 0.2) is 29.2 Å². The Hall–Kier alpha value is -2.83. The highest BCUT2D eigenvalue weighted by molar-refractivity contribution is 5.97. The lowest BCUT2D eigenvalue weighted by Gasteiger charge is -2.34. The molecule has 0 saturated carbocycles. The van der Waals surface area contributed by atoms with E-state index in [-0.39, 0.29) is 28.9 Å². The molecular formula is C24H33N3O4. The molecular weight excluding hydrogens is 394 g/mol. The van der Waals surface area contributed by atoms with Crippen molar-refractivity contribution >= 4 is 22.9 Å². The third-order valence-corrected chi connectivity index (χ3v) is 5.50. The largest absolute Gasteiger partial charge is 0.444 e. The molecule has 7 nitrogen and oxygen atoms in total.